The summed E-state index contributed by atoms with van der Waals surface area (Å²) >= 11 is 0. The van der Waals surface area contributed by atoms with Gasteiger partial charge < -0.3 is 0 Å². The molecule has 0 atom stereocenters. The first-order chi connectivity index (χ1) is 7.96. The second-order valence-corrected chi connectivity index (χ2v) is 4.92. The summed E-state index contributed by atoms with van der Waals surface area (Å²) in [6, 6.07) is 9.25. The van der Waals surface area contributed by atoms with Crippen LogP contribution in [0.25, 0.3) is 10.9 Å². The number of pyridine rings is 1. The summed E-state index contributed by atoms with van der Waals surface area (Å²) in [4.78, 5) is 4.34. The van der Waals surface area contributed by atoms with Crippen LogP contribution in [0.3, 0.4) is 0 Å². The molecule has 1 aromatic carbocycles. The maximum Gasteiger partial charge on any atom is 0.333 e. The highest BCUT2D eigenvalue weighted by molar-refractivity contribution is 7.84. The lowest BCUT2D eigenvalue weighted by Gasteiger charge is -2.07. The van der Waals surface area contributed by atoms with E-state index < -0.39 is 10.3 Å². The van der Waals surface area contributed by atoms with Gasteiger partial charge in [0.15, 0.2) is 0 Å². The summed E-state index contributed by atoms with van der Waals surface area (Å²) in [5.41, 5.74) is 2.36. The van der Waals surface area contributed by atoms with Crippen LogP contribution in [-0.2, 0) is 21.1 Å². The van der Waals surface area contributed by atoms with Crippen molar-refractivity contribution in [2.75, 3.05) is 0 Å². The Morgan fingerprint density at radius 2 is 2.06 bits per heavy atom. The van der Waals surface area contributed by atoms with Crippen molar-refractivity contribution in [1.82, 2.24) is 4.98 Å². The molecule has 0 unspecified atom stereocenters. The molecule has 0 bridgehead atoms. The van der Waals surface area contributed by atoms with Crippen LogP contribution in [0.2, 0.25) is 0 Å². The van der Waals surface area contributed by atoms with Gasteiger partial charge >= 0.3 is 10.3 Å². The molecule has 1 heterocycles. The quantitative estimate of drug-likeness (QED) is 0.891. The summed E-state index contributed by atoms with van der Waals surface area (Å²) in [5, 5.41) is 5.66. The van der Waals surface area contributed by atoms with Crippen molar-refractivity contribution in [2.45, 2.75) is 13.5 Å². The van der Waals surface area contributed by atoms with Gasteiger partial charge in [-0.15, -0.1) is 0 Å². The van der Waals surface area contributed by atoms with E-state index in [2.05, 4.69) is 9.17 Å². The number of para-hydroxylation sites is 1. The standard InChI is InChI=1S/C11H12N2O3S/c1-8-6-9(7-16-17(12,14)15)10-4-2-3-5-11(10)13-8/h2-6H,7H2,1H3,(H2,12,14,15). The molecule has 0 radical (unpaired) electrons. The predicted octanol–water partition coefficient (Wildman–Crippen LogP) is 1.26. The summed E-state index contributed by atoms with van der Waals surface area (Å²) in [7, 11) is -3.92. The van der Waals surface area contributed by atoms with E-state index >= 15 is 0 Å². The molecule has 0 aliphatic carbocycles. The first-order valence-electron chi connectivity index (χ1n) is 4.98. The lowest BCUT2D eigenvalue weighted by Crippen LogP contribution is -2.15. The van der Waals surface area contributed by atoms with Gasteiger partial charge in [-0.2, -0.15) is 8.42 Å². The molecule has 0 spiro atoms. The van der Waals surface area contributed by atoms with E-state index in [4.69, 9.17) is 5.14 Å². The molecule has 0 aliphatic heterocycles. The van der Waals surface area contributed by atoms with Crippen molar-refractivity contribution < 1.29 is 12.6 Å². The van der Waals surface area contributed by atoms with Crippen LogP contribution in [-0.4, -0.2) is 13.4 Å². The number of hydrogen-bond donors (Lipinski definition) is 1. The molecule has 6 heteroatoms. The first-order valence-corrected chi connectivity index (χ1v) is 6.45. The fourth-order valence-electron chi connectivity index (χ4n) is 1.66. The zero-order chi connectivity index (χ0) is 12.5. The van der Waals surface area contributed by atoms with E-state index in [0.29, 0.717) is 0 Å². The number of nitrogens with zero attached hydrogens (tertiary/aromatic N) is 1. The minimum atomic E-state index is -3.92. The fourth-order valence-corrected chi connectivity index (χ4v) is 1.95. The SMILES string of the molecule is Cc1cc(COS(N)(=O)=O)c2ccccc2n1. The van der Waals surface area contributed by atoms with Crippen LogP contribution in [0, 0.1) is 6.92 Å². The van der Waals surface area contributed by atoms with Gasteiger partial charge in [0.05, 0.1) is 12.1 Å². The van der Waals surface area contributed by atoms with Gasteiger partial charge in [0.2, 0.25) is 0 Å². The molecule has 0 saturated heterocycles. The van der Waals surface area contributed by atoms with Crippen molar-refractivity contribution in [3.05, 3.63) is 41.6 Å². The average Bonchev–Trinajstić information content (AvgIpc) is 2.24. The number of aromatic nitrogens is 1. The number of rotatable bonds is 3. The Morgan fingerprint density at radius 1 is 1.35 bits per heavy atom. The Bertz CT molecular complexity index is 653. The summed E-state index contributed by atoms with van der Waals surface area (Å²) in [6.45, 7) is 1.76. The number of nitrogens with two attached hydrogens (primary N) is 1. The van der Waals surface area contributed by atoms with Gasteiger partial charge in [-0.05, 0) is 24.6 Å². The largest absolute Gasteiger partial charge is 0.333 e. The number of benzene rings is 1. The van der Waals surface area contributed by atoms with Crippen LogP contribution in [0.15, 0.2) is 30.3 Å². The lowest BCUT2D eigenvalue weighted by atomic mass is 10.1. The Labute approximate surface area is 99.5 Å². The first kappa shape index (κ1) is 12.0. The highest BCUT2D eigenvalue weighted by Crippen LogP contribution is 2.19. The molecule has 90 valence electrons. The van der Waals surface area contributed by atoms with E-state index in [1.54, 1.807) is 6.07 Å². The van der Waals surface area contributed by atoms with E-state index in [9.17, 15) is 8.42 Å². The molecule has 17 heavy (non-hydrogen) atoms. The average molecular weight is 252 g/mol. The molecule has 2 aromatic rings. The second kappa shape index (κ2) is 4.40. The molecule has 2 N–H and O–H groups in total. The molecule has 2 rings (SSSR count). The van der Waals surface area contributed by atoms with Crippen molar-refractivity contribution in [2.24, 2.45) is 5.14 Å². The topological polar surface area (TPSA) is 82.3 Å². The van der Waals surface area contributed by atoms with Crippen LogP contribution in [0.4, 0.5) is 0 Å². The molecule has 0 saturated carbocycles. The van der Waals surface area contributed by atoms with Gasteiger partial charge in [0.1, 0.15) is 0 Å². The predicted molar refractivity (Wildman–Crippen MR) is 64.4 cm³/mol. The van der Waals surface area contributed by atoms with E-state index in [1.807, 2.05) is 31.2 Å². The number of fused-ring (bicyclic) bond motifs is 1. The highest BCUT2D eigenvalue weighted by atomic mass is 32.2. The maximum atomic E-state index is 10.8. The monoisotopic (exact) mass is 252 g/mol. The fraction of sp³-hybridized carbons (Fsp3) is 0.182. The molecule has 1 aromatic heterocycles. The van der Waals surface area contributed by atoms with E-state index in [1.165, 1.54) is 0 Å². The molecule has 0 amide bonds. The van der Waals surface area contributed by atoms with Crippen LogP contribution < -0.4 is 5.14 Å². The van der Waals surface area contributed by atoms with Gasteiger partial charge in [0, 0.05) is 11.1 Å². The van der Waals surface area contributed by atoms with Gasteiger partial charge in [-0.3, -0.25) is 9.17 Å². The highest BCUT2D eigenvalue weighted by Gasteiger charge is 2.07. The molecule has 5 nitrogen and oxygen atoms in total. The third kappa shape index (κ3) is 3.00. The third-order valence-corrected chi connectivity index (χ3v) is 2.76. The smallest absolute Gasteiger partial charge is 0.253 e. The van der Waals surface area contributed by atoms with Crippen molar-refractivity contribution in [3.8, 4) is 0 Å². The minimum absolute atomic E-state index is 0.0806. The molecular formula is C11H12N2O3S. The van der Waals surface area contributed by atoms with E-state index in [0.717, 1.165) is 22.2 Å². The van der Waals surface area contributed by atoms with Crippen LogP contribution >= 0.6 is 0 Å². The molecular weight excluding hydrogens is 240 g/mol. The summed E-state index contributed by atoms with van der Waals surface area (Å²) in [6.07, 6.45) is 0. The maximum absolute atomic E-state index is 10.8. The summed E-state index contributed by atoms with van der Waals surface area (Å²) < 4.78 is 26.1. The van der Waals surface area contributed by atoms with Crippen LogP contribution in [0.1, 0.15) is 11.3 Å². The molecule has 0 fully saturated rings. The molecule has 0 aliphatic rings. The lowest BCUT2D eigenvalue weighted by molar-refractivity contribution is 0.310. The van der Waals surface area contributed by atoms with E-state index in [-0.39, 0.29) is 6.61 Å². The third-order valence-electron chi connectivity index (χ3n) is 2.31. The Morgan fingerprint density at radius 3 is 2.76 bits per heavy atom. The van der Waals surface area contributed by atoms with Gasteiger partial charge in [-0.1, -0.05) is 18.2 Å². The zero-order valence-electron chi connectivity index (χ0n) is 9.25. The Hall–Kier alpha value is -1.50. The summed E-state index contributed by atoms with van der Waals surface area (Å²) in [5.74, 6) is 0. The number of aryl methyl sites for hydroxylation is 1. The minimum Gasteiger partial charge on any atom is -0.253 e. The van der Waals surface area contributed by atoms with Crippen molar-refractivity contribution in [3.63, 3.8) is 0 Å². The van der Waals surface area contributed by atoms with Crippen LogP contribution in [0.5, 0.6) is 0 Å². The normalized spacial score (nSPS) is 11.9. The zero-order valence-corrected chi connectivity index (χ0v) is 10.1. The van der Waals surface area contributed by atoms with Gasteiger partial charge in [0.25, 0.3) is 0 Å². The Balaban J connectivity index is 2.45. The number of hydrogen-bond acceptors (Lipinski definition) is 4. The Kier molecular flexibility index (Phi) is 3.10. The van der Waals surface area contributed by atoms with Crippen molar-refractivity contribution >= 4 is 21.2 Å². The van der Waals surface area contributed by atoms with Crippen molar-refractivity contribution in [1.29, 1.82) is 0 Å². The second-order valence-electron chi connectivity index (χ2n) is 3.69. The van der Waals surface area contributed by atoms with Gasteiger partial charge in [-0.25, -0.2) is 5.14 Å².